The van der Waals surface area contributed by atoms with Gasteiger partial charge in [-0.1, -0.05) is 37.9 Å². The van der Waals surface area contributed by atoms with Crippen molar-refractivity contribution in [2.45, 2.75) is 45.1 Å². The molecule has 0 aliphatic heterocycles. The van der Waals surface area contributed by atoms with Crippen molar-refractivity contribution in [1.29, 1.82) is 0 Å². The highest BCUT2D eigenvalue weighted by Crippen LogP contribution is 2.35. The Bertz CT molecular complexity index is 437. The van der Waals surface area contributed by atoms with Crippen LogP contribution in [0.15, 0.2) is 11.6 Å². The summed E-state index contributed by atoms with van der Waals surface area (Å²) in [5, 5.41) is 5.75. The Balaban J connectivity index is 2.05. The molecule has 3 N–H and O–H groups in total. The molecule has 0 unspecified atom stereocenters. The Morgan fingerprint density at radius 3 is 2.63 bits per heavy atom. The molecule has 104 valence electrons. The molecule has 0 saturated heterocycles. The van der Waals surface area contributed by atoms with Gasteiger partial charge in [-0.15, -0.1) is 11.3 Å². The number of hydrogen-bond donors (Lipinski definition) is 2. The number of nitrogens with two attached hydrogens (primary N) is 1. The minimum Gasteiger partial charge on any atom is -0.392 e. The van der Waals surface area contributed by atoms with Gasteiger partial charge in [0.1, 0.15) is 5.01 Å². The van der Waals surface area contributed by atoms with Crippen LogP contribution in [0.2, 0.25) is 0 Å². The van der Waals surface area contributed by atoms with Gasteiger partial charge in [-0.05, 0) is 12.8 Å². The number of thiazole rings is 1. The van der Waals surface area contributed by atoms with Crippen LogP contribution in [0, 0.1) is 5.41 Å². The molecule has 1 amide bonds. The first kappa shape index (κ1) is 14.4. The number of nitrogens with one attached hydrogen (secondary N) is 1. The molecule has 1 aromatic rings. The van der Waals surface area contributed by atoms with E-state index in [9.17, 15) is 4.79 Å². The number of aromatic nitrogens is 1. The first-order valence-electron chi connectivity index (χ1n) is 6.62. The molecule has 6 heteroatoms. The lowest BCUT2D eigenvalue weighted by Gasteiger charge is -2.30. The SMILES string of the molecule is NC(=S)C1(C(=O)NCc2nccs2)CCCCCC1. The molecule has 4 nitrogen and oxygen atoms in total. The van der Waals surface area contributed by atoms with Crippen molar-refractivity contribution >= 4 is 34.5 Å². The normalized spacial score (nSPS) is 18.5. The zero-order valence-corrected chi connectivity index (χ0v) is 12.5. The molecule has 0 atom stereocenters. The lowest BCUT2D eigenvalue weighted by Crippen LogP contribution is -2.48. The fourth-order valence-electron chi connectivity index (χ4n) is 2.58. The largest absolute Gasteiger partial charge is 0.392 e. The van der Waals surface area contributed by atoms with Gasteiger partial charge < -0.3 is 11.1 Å². The van der Waals surface area contributed by atoms with Crippen LogP contribution in [0.4, 0.5) is 0 Å². The average molecular weight is 297 g/mol. The van der Waals surface area contributed by atoms with Crippen molar-refractivity contribution in [3.63, 3.8) is 0 Å². The first-order chi connectivity index (χ1) is 9.15. The quantitative estimate of drug-likeness (QED) is 0.661. The van der Waals surface area contributed by atoms with Crippen molar-refractivity contribution in [2.24, 2.45) is 11.1 Å². The predicted octanol–water partition coefficient (Wildman–Crippen LogP) is 2.39. The summed E-state index contributed by atoms with van der Waals surface area (Å²) in [6, 6.07) is 0. The lowest BCUT2D eigenvalue weighted by atomic mass is 9.79. The molecule has 0 spiro atoms. The molecule has 1 fully saturated rings. The minimum atomic E-state index is -0.650. The summed E-state index contributed by atoms with van der Waals surface area (Å²) in [5.74, 6) is -0.0305. The van der Waals surface area contributed by atoms with Crippen LogP contribution >= 0.6 is 23.6 Å². The van der Waals surface area contributed by atoms with Crippen LogP contribution in [0.1, 0.15) is 43.5 Å². The highest BCUT2D eigenvalue weighted by Gasteiger charge is 2.41. The van der Waals surface area contributed by atoms with Crippen LogP contribution in [0.3, 0.4) is 0 Å². The molecule has 1 aliphatic carbocycles. The van der Waals surface area contributed by atoms with E-state index in [1.54, 1.807) is 6.20 Å². The third-order valence-electron chi connectivity index (χ3n) is 3.75. The summed E-state index contributed by atoms with van der Waals surface area (Å²) in [6.07, 6.45) is 7.62. The highest BCUT2D eigenvalue weighted by molar-refractivity contribution is 7.80. The summed E-state index contributed by atoms with van der Waals surface area (Å²) in [4.78, 5) is 17.0. The molecular formula is C13H19N3OS2. The smallest absolute Gasteiger partial charge is 0.233 e. The number of nitrogens with zero attached hydrogens (tertiary/aromatic N) is 1. The third kappa shape index (κ3) is 3.30. The van der Waals surface area contributed by atoms with E-state index in [2.05, 4.69) is 10.3 Å². The van der Waals surface area contributed by atoms with Crippen LogP contribution in [-0.4, -0.2) is 15.9 Å². The number of hydrogen-bond acceptors (Lipinski definition) is 4. The second kappa shape index (κ2) is 6.43. The van der Waals surface area contributed by atoms with Gasteiger partial charge in [0.25, 0.3) is 0 Å². The summed E-state index contributed by atoms with van der Waals surface area (Å²) in [5.41, 5.74) is 5.23. The molecule has 1 aliphatic rings. The van der Waals surface area contributed by atoms with E-state index in [4.69, 9.17) is 18.0 Å². The average Bonchev–Trinajstić information content (AvgIpc) is 2.78. The maximum Gasteiger partial charge on any atom is 0.233 e. The maximum absolute atomic E-state index is 12.5. The lowest BCUT2D eigenvalue weighted by molar-refractivity contribution is -0.128. The number of thiocarbonyl (C=S) groups is 1. The fraction of sp³-hybridized carbons (Fsp3) is 0.615. The highest BCUT2D eigenvalue weighted by atomic mass is 32.1. The van der Waals surface area contributed by atoms with Crippen molar-refractivity contribution in [1.82, 2.24) is 10.3 Å². The van der Waals surface area contributed by atoms with Gasteiger partial charge in [0, 0.05) is 11.6 Å². The maximum atomic E-state index is 12.5. The molecule has 1 heterocycles. The Labute approximate surface area is 122 Å². The number of rotatable bonds is 4. The summed E-state index contributed by atoms with van der Waals surface area (Å²) in [6.45, 7) is 0.459. The Morgan fingerprint density at radius 2 is 2.11 bits per heavy atom. The molecule has 1 aromatic heterocycles. The molecule has 1 saturated carbocycles. The van der Waals surface area contributed by atoms with Gasteiger partial charge >= 0.3 is 0 Å². The monoisotopic (exact) mass is 297 g/mol. The number of amides is 1. The van der Waals surface area contributed by atoms with Gasteiger partial charge in [-0.3, -0.25) is 4.79 Å². The Kier molecular flexibility index (Phi) is 4.87. The van der Waals surface area contributed by atoms with E-state index < -0.39 is 5.41 Å². The van der Waals surface area contributed by atoms with E-state index in [0.29, 0.717) is 11.5 Å². The standard InChI is InChI=1S/C13H19N3OS2/c14-11(18)13(5-3-1-2-4-6-13)12(17)16-9-10-15-7-8-19-10/h7-8H,1-6,9H2,(H2,14,18)(H,16,17). The molecule has 0 bridgehead atoms. The second-order valence-corrected chi connectivity index (χ2v) is 6.39. The molecule has 2 rings (SSSR count). The van der Waals surface area contributed by atoms with E-state index >= 15 is 0 Å². The number of carbonyl (C=O) groups is 1. The van der Waals surface area contributed by atoms with E-state index in [1.165, 1.54) is 11.3 Å². The Hall–Kier alpha value is -1.01. The van der Waals surface area contributed by atoms with Crippen molar-refractivity contribution in [3.8, 4) is 0 Å². The van der Waals surface area contributed by atoms with E-state index in [1.807, 2.05) is 5.38 Å². The topological polar surface area (TPSA) is 68.0 Å². The van der Waals surface area contributed by atoms with Crippen molar-refractivity contribution in [3.05, 3.63) is 16.6 Å². The van der Waals surface area contributed by atoms with E-state index in [0.717, 1.165) is 43.5 Å². The summed E-state index contributed by atoms with van der Waals surface area (Å²) >= 11 is 6.72. The fourth-order valence-corrected chi connectivity index (χ4v) is 3.44. The van der Waals surface area contributed by atoms with E-state index in [-0.39, 0.29) is 5.91 Å². The molecule has 19 heavy (non-hydrogen) atoms. The van der Waals surface area contributed by atoms with Crippen LogP contribution in [0.25, 0.3) is 0 Å². The second-order valence-electron chi connectivity index (χ2n) is 4.97. The van der Waals surface area contributed by atoms with Gasteiger partial charge in [0.15, 0.2) is 0 Å². The summed E-state index contributed by atoms with van der Waals surface area (Å²) < 4.78 is 0. The van der Waals surface area contributed by atoms with Gasteiger partial charge in [-0.2, -0.15) is 0 Å². The zero-order valence-electron chi connectivity index (χ0n) is 10.9. The summed E-state index contributed by atoms with van der Waals surface area (Å²) in [7, 11) is 0. The number of carbonyl (C=O) groups excluding carboxylic acids is 1. The molecule has 0 radical (unpaired) electrons. The van der Waals surface area contributed by atoms with Gasteiger partial charge in [0.2, 0.25) is 5.91 Å². The predicted molar refractivity (Wildman–Crippen MR) is 80.9 cm³/mol. The Morgan fingerprint density at radius 1 is 1.42 bits per heavy atom. The minimum absolute atomic E-state index is 0.0305. The van der Waals surface area contributed by atoms with Crippen LogP contribution in [-0.2, 0) is 11.3 Å². The van der Waals surface area contributed by atoms with Crippen molar-refractivity contribution in [2.75, 3.05) is 0 Å². The zero-order chi connectivity index (χ0) is 13.7. The van der Waals surface area contributed by atoms with Crippen LogP contribution < -0.4 is 11.1 Å². The molecular weight excluding hydrogens is 278 g/mol. The third-order valence-corrected chi connectivity index (χ3v) is 4.92. The first-order valence-corrected chi connectivity index (χ1v) is 7.90. The van der Waals surface area contributed by atoms with Gasteiger partial charge in [-0.25, -0.2) is 4.98 Å². The van der Waals surface area contributed by atoms with Gasteiger partial charge in [0.05, 0.1) is 16.9 Å². The van der Waals surface area contributed by atoms with Crippen LogP contribution in [0.5, 0.6) is 0 Å². The van der Waals surface area contributed by atoms with Crippen molar-refractivity contribution < 1.29 is 4.79 Å². The molecule has 0 aromatic carbocycles.